The molecule has 8 heteroatoms. The average molecular weight is 404 g/mol. The van der Waals surface area contributed by atoms with Gasteiger partial charge in [-0.2, -0.15) is 0 Å². The largest absolute Gasteiger partial charge is 0.493 e. The molecule has 2 aromatic rings. The first-order valence-electron chi connectivity index (χ1n) is 8.81. The van der Waals surface area contributed by atoms with Gasteiger partial charge >= 0.3 is 0 Å². The number of ether oxygens (including phenoxy) is 2. The highest BCUT2D eigenvalue weighted by atomic mass is 32.2. The third kappa shape index (κ3) is 3.91. The summed E-state index contributed by atoms with van der Waals surface area (Å²) >= 11 is 0. The fraction of sp³-hybridized carbons (Fsp3) is 0.350. The second kappa shape index (κ2) is 7.71. The first-order chi connectivity index (χ1) is 13.2. The molecule has 1 aliphatic heterocycles. The van der Waals surface area contributed by atoms with E-state index in [0.717, 1.165) is 11.1 Å². The van der Waals surface area contributed by atoms with Gasteiger partial charge in [0.05, 0.1) is 26.2 Å². The summed E-state index contributed by atoms with van der Waals surface area (Å²) in [4.78, 5) is 14.5. The number of carbonyl (C=O) groups excluding carboxylic acids is 1. The van der Waals surface area contributed by atoms with Crippen molar-refractivity contribution in [2.24, 2.45) is 0 Å². The lowest BCUT2D eigenvalue weighted by Gasteiger charge is -2.20. The van der Waals surface area contributed by atoms with Crippen LogP contribution >= 0.6 is 0 Å². The summed E-state index contributed by atoms with van der Waals surface area (Å²) in [5, 5.41) is 0. The smallest absolute Gasteiger partial charge is 0.253 e. The SMILES string of the molecule is COc1ccc(CN(C)C(=O)c2ccc3c(c2)CCN3S(C)(=O)=O)cc1OC. The fourth-order valence-corrected chi connectivity index (χ4v) is 4.35. The summed E-state index contributed by atoms with van der Waals surface area (Å²) in [7, 11) is 1.57. The van der Waals surface area contributed by atoms with Crippen molar-refractivity contribution in [1.29, 1.82) is 0 Å². The van der Waals surface area contributed by atoms with Crippen LogP contribution in [0.1, 0.15) is 21.5 Å². The molecular weight excluding hydrogens is 380 g/mol. The van der Waals surface area contributed by atoms with Gasteiger partial charge in [-0.1, -0.05) is 6.07 Å². The van der Waals surface area contributed by atoms with Crippen LogP contribution in [0.15, 0.2) is 36.4 Å². The fourth-order valence-electron chi connectivity index (χ4n) is 3.39. The Morgan fingerprint density at radius 3 is 2.46 bits per heavy atom. The zero-order chi connectivity index (χ0) is 20.5. The topological polar surface area (TPSA) is 76.2 Å². The van der Waals surface area contributed by atoms with E-state index in [1.807, 2.05) is 18.2 Å². The van der Waals surface area contributed by atoms with E-state index in [4.69, 9.17) is 9.47 Å². The Kier molecular flexibility index (Phi) is 5.51. The molecule has 0 spiro atoms. The predicted molar refractivity (Wildman–Crippen MR) is 108 cm³/mol. The zero-order valence-electron chi connectivity index (χ0n) is 16.4. The van der Waals surface area contributed by atoms with Gasteiger partial charge in [-0.15, -0.1) is 0 Å². The van der Waals surface area contributed by atoms with Crippen LogP contribution in [0.4, 0.5) is 5.69 Å². The van der Waals surface area contributed by atoms with Crippen LogP contribution in [-0.4, -0.2) is 53.3 Å². The van der Waals surface area contributed by atoms with Crippen molar-refractivity contribution in [3.05, 3.63) is 53.1 Å². The van der Waals surface area contributed by atoms with Crippen LogP contribution in [0.5, 0.6) is 11.5 Å². The molecule has 1 aliphatic rings. The van der Waals surface area contributed by atoms with Crippen molar-refractivity contribution in [3.63, 3.8) is 0 Å². The average Bonchev–Trinajstić information content (AvgIpc) is 3.10. The molecule has 0 radical (unpaired) electrons. The van der Waals surface area contributed by atoms with Crippen LogP contribution in [0, 0.1) is 0 Å². The van der Waals surface area contributed by atoms with Crippen LogP contribution in [0.2, 0.25) is 0 Å². The molecule has 150 valence electrons. The minimum Gasteiger partial charge on any atom is -0.493 e. The van der Waals surface area contributed by atoms with Gasteiger partial charge in [0, 0.05) is 25.7 Å². The van der Waals surface area contributed by atoms with Crippen LogP contribution in [-0.2, 0) is 23.0 Å². The van der Waals surface area contributed by atoms with Crippen molar-refractivity contribution in [2.45, 2.75) is 13.0 Å². The molecule has 1 amide bonds. The Morgan fingerprint density at radius 2 is 1.82 bits per heavy atom. The molecule has 0 aliphatic carbocycles. The van der Waals surface area contributed by atoms with E-state index < -0.39 is 10.0 Å². The zero-order valence-corrected chi connectivity index (χ0v) is 17.2. The monoisotopic (exact) mass is 404 g/mol. The number of benzene rings is 2. The number of fused-ring (bicyclic) bond motifs is 1. The maximum absolute atomic E-state index is 12.8. The Morgan fingerprint density at radius 1 is 1.11 bits per heavy atom. The van der Waals surface area contributed by atoms with Crippen molar-refractivity contribution < 1.29 is 22.7 Å². The van der Waals surface area contributed by atoms with Gasteiger partial charge in [0.15, 0.2) is 11.5 Å². The molecule has 0 unspecified atom stereocenters. The minimum absolute atomic E-state index is 0.129. The molecule has 1 heterocycles. The maximum Gasteiger partial charge on any atom is 0.253 e. The van der Waals surface area contributed by atoms with E-state index >= 15 is 0 Å². The van der Waals surface area contributed by atoms with E-state index in [1.54, 1.807) is 44.4 Å². The van der Waals surface area contributed by atoms with E-state index in [-0.39, 0.29) is 5.91 Å². The van der Waals surface area contributed by atoms with Gasteiger partial charge in [-0.25, -0.2) is 8.42 Å². The molecule has 0 saturated carbocycles. The van der Waals surface area contributed by atoms with Gasteiger partial charge in [0.2, 0.25) is 10.0 Å². The molecule has 28 heavy (non-hydrogen) atoms. The number of hydrogen-bond acceptors (Lipinski definition) is 5. The number of rotatable bonds is 6. The van der Waals surface area contributed by atoms with E-state index in [1.165, 1.54) is 10.6 Å². The summed E-state index contributed by atoms with van der Waals surface area (Å²) in [5.74, 6) is 1.11. The third-order valence-electron chi connectivity index (χ3n) is 4.79. The lowest BCUT2D eigenvalue weighted by Crippen LogP contribution is -2.28. The highest BCUT2D eigenvalue weighted by Crippen LogP contribution is 2.31. The van der Waals surface area contributed by atoms with Crippen molar-refractivity contribution in [3.8, 4) is 11.5 Å². The molecular formula is C20H24N2O5S. The van der Waals surface area contributed by atoms with Gasteiger partial charge < -0.3 is 14.4 Å². The number of methoxy groups -OCH3 is 2. The number of nitrogens with zero attached hydrogens (tertiary/aromatic N) is 2. The molecule has 0 saturated heterocycles. The van der Waals surface area contributed by atoms with Crippen molar-refractivity contribution in [2.75, 3.05) is 38.4 Å². The number of anilines is 1. The van der Waals surface area contributed by atoms with Crippen molar-refractivity contribution in [1.82, 2.24) is 4.90 Å². The summed E-state index contributed by atoms with van der Waals surface area (Å²) in [5.41, 5.74) is 2.98. The van der Waals surface area contributed by atoms with Gasteiger partial charge in [-0.05, 0) is 47.9 Å². The summed E-state index contributed by atoms with van der Waals surface area (Å²) in [6.45, 7) is 0.818. The Hall–Kier alpha value is -2.74. The number of hydrogen-bond donors (Lipinski definition) is 0. The Bertz CT molecular complexity index is 1000. The van der Waals surface area contributed by atoms with E-state index in [9.17, 15) is 13.2 Å². The summed E-state index contributed by atoms with van der Waals surface area (Å²) in [6.07, 6.45) is 1.79. The number of sulfonamides is 1. The quantitative estimate of drug-likeness (QED) is 0.738. The summed E-state index contributed by atoms with van der Waals surface area (Å²) in [6, 6.07) is 10.7. The highest BCUT2D eigenvalue weighted by molar-refractivity contribution is 7.92. The van der Waals surface area contributed by atoms with Crippen molar-refractivity contribution >= 4 is 21.6 Å². The Labute approximate surface area is 165 Å². The van der Waals surface area contributed by atoms with Gasteiger partial charge in [-0.3, -0.25) is 9.10 Å². The third-order valence-corrected chi connectivity index (χ3v) is 5.97. The molecule has 0 bridgehead atoms. The van der Waals surface area contributed by atoms with Crippen LogP contribution in [0.25, 0.3) is 0 Å². The highest BCUT2D eigenvalue weighted by Gasteiger charge is 2.27. The first kappa shape index (κ1) is 20.0. The lowest BCUT2D eigenvalue weighted by molar-refractivity contribution is 0.0785. The van der Waals surface area contributed by atoms with E-state index in [0.29, 0.717) is 42.3 Å². The van der Waals surface area contributed by atoms with Crippen LogP contribution in [0.3, 0.4) is 0 Å². The molecule has 2 aromatic carbocycles. The minimum atomic E-state index is -3.30. The first-order valence-corrected chi connectivity index (χ1v) is 10.7. The van der Waals surface area contributed by atoms with Crippen LogP contribution < -0.4 is 13.8 Å². The predicted octanol–water partition coefficient (Wildman–Crippen LogP) is 2.30. The normalized spacial score (nSPS) is 13.2. The summed E-state index contributed by atoms with van der Waals surface area (Å²) < 4.78 is 35.6. The van der Waals surface area contributed by atoms with Gasteiger partial charge in [0.1, 0.15) is 0 Å². The number of carbonyl (C=O) groups is 1. The second-order valence-electron chi connectivity index (χ2n) is 6.78. The molecule has 3 rings (SSSR count). The van der Waals surface area contributed by atoms with Gasteiger partial charge in [0.25, 0.3) is 5.91 Å². The Balaban J connectivity index is 1.78. The lowest BCUT2D eigenvalue weighted by atomic mass is 10.1. The standard InChI is InChI=1S/C20H24N2O5S/c1-21(13-14-5-8-18(26-2)19(11-14)27-3)20(23)16-6-7-17-15(12-16)9-10-22(17)28(4,24)25/h5-8,11-12H,9-10,13H2,1-4H3. The maximum atomic E-state index is 12.8. The van der Waals surface area contributed by atoms with E-state index in [2.05, 4.69) is 0 Å². The molecule has 0 fully saturated rings. The second-order valence-corrected chi connectivity index (χ2v) is 8.69. The molecule has 7 nitrogen and oxygen atoms in total. The molecule has 0 aromatic heterocycles. The molecule has 0 N–H and O–H groups in total. The number of amides is 1. The molecule has 0 atom stereocenters.